The molecular weight excluding hydrogens is 176 g/mol. The van der Waals surface area contributed by atoms with Crippen LogP contribution in [-0.2, 0) is 5.41 Å². The maximum atomic E-state index is 4.20. The summed E-state index contributed by atoms with van der Waals surface area (Å²) in [6.07, 6.45) is 3.74. The van der Waals surface area contributed by atoms with Crippen LogP contribution in [0.3, 0.4) is 0 Å². The zero-order valence-electron chi connectivity index (χ0n) is 9.26. The van der Waals surface area contributed by atoms with Gasteiger partial charge in [-0.1, -0.05) is 13.8 Å². The Balaban J connectivity index is 2.85. The lowest BCUT2D eigenvalue weighted by Gasteiger charge is -2.23. The summed E-state index contributed by atoms with van der Waals surface area (Å²) in [5, 5.41) is 6.06. The van der Waals surface area contributed by atoms with Crippen LogP contribution in [-0.4, -0.2) is 30.6 Å². The average Bonchev–Trinajstić information content (AvgIpc) is 2.18. The summed E-state index contributed by atoms with van der Waals surface area (Å²) in [6, 6.07) is 0. The van der Waals surface area contributed by atoms with Gasteiger partial charge in [0.05, 0.1) is 0 Å². The minimum absolute atomic E-state index is 0.0705. The van der Waals surface area contributed by atoms with Crippen molar-refractivity contribution < 1.29 is 0 Å². The third-order valence-corrected chi connectivity index (χ3v) is 2.28. The zero-order valence-corrected chi connectivity index (χ0v) is 9.26. The van der Waals surface area contributed by atoms with Crippen molar-refractivity contribution in [1.82, 2.24) is 15.3 Å². The molecular formula is C10H18N4. The van der Waals surface area contributed by atoms with Crippen LogP contribution in [0.15, 0.2) is 12.4 Å². The maximum absolute atomic E-state index is 4.20. The SMILES string of the molecule is CNCC(C)(C)c1cnc(NC)nc1. The van der Waals surface area contributed by atoms with E-state index >= 15 is 0 Å². The first kappa shape index (κ1) is 10.9. The molecule has 1 rings (SSSR count). The van der Waals surface area contributed by atoms with Crippen LogP contribution in [0, 0.1) is 0 Å². The van der Waals surface area contributed by atoms with Crippen molar-refractivity contribution in [3.8, 4) is 0 Å². The first-order valence-electron chi connectivity index (χ1n) is 4.75. The zero-order chi connectivity index (χ0) is 10.6. The smallest absolute Gasteiger partial charge is 0.222 e. The molecule has 2 N–H and O–H groups in total. The molecule has 4 heteroatoms. The molecule has 0 fully saturated rings. The second kappa shape index (κ2) is 4.37. The van der Waals surface area contributed by atoms with Crippen LogP contribution >= 0.6 is 0 Å². The van der Waals surface area contributed by atoms with Crippen molar-refractivity contribution in [2.75, 3.05) is 26.0 Å². The molecule has 78 valence electrons. The summed E-state index contributed by atoms with van der Waals surface area (Å²) in [4.78, 5) is 8.39. The van der Waals surface area contributed by atoms with Gasteiger partial charge in [0.1, 0.15) is 0 Å². The number of nitrogens with one attached hydrogen (secondary N) is 2. The van der Waals surface area contributed by atoms with E-state index in [9.17, 15) is 0 Å². The van der Waals surface area contributed by atoms with Gasteiger partial charge in [-0.25, -0.2) is 9.97 Å². The number of rotatable bonds is 4. The summed E-state index contributed by atoms with van der Waals surface area (Å²) in [7, 11) is 3.76. The largest absolute Gasteiger partial charge is 0.357 e. The van der Waals surface area contributed by atoms with Gasteiger partial charge in [-0.3, -0.25) is 0 Å². The monoisotopic (exact) mass is 194 g/mol. The molecule has 0 atom stereocenters. The summed E-state index contributed by atoms with van der Waals surface area (Å²) in [5.74, 6) is 0.661. The van der Waals surface area contributed by atoms with Gasteiger partial charge >= 0.3 is 0 Å². The molecule has 0 aliphatic carbocycles. The van der Waals surface area contributed by atoms with Crippen LogP contribution in [0.2, 0.25) is 0 Å². The van der Waals surface area contributed by atoms with Crippen LogP contribution in [0.25, 0.3) is 0 Å². The van der Waals surface area contributed by atoms with E-state index < -0.39 is 0 Å². The molecule has 0 aliphatic rings. The molecule has 1 aromatic rings. The lowest BCUT2D eigenvalue weighted by Crippen LogP contribution is -2.31. The first-order chi connectivity index (χ1) is 6.60. The highest BCUT2D eigenvalue weighted by Gasteiger charge is 2.20. The first-order valence-corrected chi connectivity index (χ1v) is 4.75. The number of nitrogens with zero attached hydrogens (tertiary/aromatic N) is 2. The summed E-state index contributed by atoms with van der Waals surface area (Å²) < 4.78 is 0. The van der Waals surface area contributed by atoms with Crippen molar-refractivity contribution in [2.24, 2.45) is 0 Å². The molecule has 0 aliphatic heterocycles. The lowest BCUT2D eigenvalue weighted by atomic mass is 9.87. The number of anilines is 1. The second-order valence-electron chi connectivity index (χ2n) is 3.96. The molecule has 0 spiro atoms. The van der Waals surface area contributed by atoms with E-state index in [2.05, 4.69) is 34.4 Å². The van der Waals surface area contributed by atoms with Gasteiger partial charge < -0.3 is 10.6 Å². The Bertz CT molecular complexity index is 279. The Morgan fingerprint density at radius 2 is 1.79 bits per heavy atom. The molecule has 0 radical (unpaired) electrons. The van der Waals surface area contributed by atoms with Gasteiger partial charge in [0.15, 0.2) is 0 Å². The molecule has 0 amide bonds. The fraction of sp³-hybridized carbons (Fsp3) is 0.600. The highest BCUT2D eigenvalue weighted by molar-refractivity contribution is 5.26. The number of hydrogen-bond donors (Lipinski definition) is 2. The molecule has 0 saturated carbocycles. The van der Waals surface area contributed by atoms with Gasteiger partial charge in [0, 0.05) is 31.4 Å². The van der Waals surface area contributed by atoms with Gasteiger partial charge in [0.2, 0.25) is 5.95 Å². The van der Waals surface area contributed by atoms with Crippen LogP contribution in [0.4, 0.5) is 5.95 Å². The molecule has 0 saturated heterocycles. The second-order valence-corrected chi connectivity index (χ2v) is 3.96. The van der Waals surface area contributed by atoms with E-state index in [4.69, 9.17) is 0 Å². The summed E-state index contributed by atoms with van der Waals surface area (Å²) >= 11 is 0. The van der Waals surface area contributed by atoms with Crippen LogP contribution < -0.4 is 10.6 Å². The number of aromatic nitrogens is 2. The fourth-order valence-corrected chi connectivity index (χ4v) is 1.35. The Hall–Kier alpha value is -1.16. The predicted molar refractivity (Wildman–Crippen MR) is 58.5 cm³/mol. The van der Waals surface area contributed by atoms with Gasteiger partial charge in [-0.2, -0.15) is 0 Å². The standard InChI is InChI=1S/C10H18N4/c1-10(2,7-11-3)8-5-13-9(12-4)14-6-8/h5-6,11H,7H2,1-4H3,(H,12,13,14). The topological polar surface area (TPSA) is 49.8 Å². The summed E-state index contributed by atoms with van der Waals surface area (Å²) in [5.41, 5.74) is 1.21. The quantitative estimate of drug-likeness (QED) is 0.751. The van der Waals surface area contributed by atoms with Crippen molar-refractivity contribution in [1.29, 1.82) is 0 Å². The Labute approximate surface area is 85.2 Å². The minimum Gasteiger partial charge on any atom is -0.357 e. The third kappa shape index (κ3) is 2.42. The highest BCUT2D eigenvalue weighted by Crippen LogP contribution is 2.20. The van der Waals surface area contributed by atoms with Crippen LogP contribution in [0.5, 0.6) is 0 Å². The maximum Gasteiger partial charge on any atom is 0.222 e. The van der Waals surface area contributed by atoms with Crippen molar-refractivity contribution in [3.05, 3.63) is 18.0 Å². The molecule has 4 nitrogen and oxygen atoms in total. The molecule has 1 aromatic heterocycles. The van der Waals surface area contributed by atoms with Crippen molar-refractivity contribution >= 4 is 5.95 Å². The van der Waals surface area contributed by atoms with E-state index in [-0.39, 0.29) is 5.41 Å². The fourth-order valence-electron chi connectivity index (χ4n) is 1.35. The molecule has 0 bridgehead atoms. The number of hydrogen-bond acceptors (Lipinski definition) is 4. The van der Waals surface area contributed by atoms with Crippen molar-refractivity contribution in [3.63, 3.8) is 0 Å². The van der Waals surface area contributed by atoms with Gasteiger partial charge in [-0.05, 0) is 12.6 Å². The van der Waals surface area contributed by atoms with Gasteiger partial charge in [-0.15, -0.1) is 0 Å². The molecule has 0 unspecified atom stereocenters. The van der Waals surface area contributed by atoms with E-state index in [1.54, 1.807) is 0 Å². The molecule has 1 heterocycles. The minimum atomic E-state index is 0.0705. The van der Waals surface area contributed by atoms with E-state index in [0.29, 0.717) is 5.95 Å². The van der Waals surface area contributed by atoms with Gasteiger partial charge in [0.25, 0.3) is 0 Å². The normalized spacial score (nSPS) is 11.4. The Morgan fingerprint density at radius 3 is 2.21 bits per heavy atom. The average molecular weight is 194 g/mol. The third-order valence-electron chi connectivity index (χ3n) is 2.28. The molecule has 0 aromatic carbocycles. The van der Waals surface area contributed by atoms with E-state index in [1.807, 2.05) is 26.5 Å². The van der Waals surface area contributed by atoms with Crippen molar-refractivity contribution in [2.45, 2.75) is 19.3 Å². The van der Waals surface area contributed by atoms with E-state index in [1.165, 1.54) is 0 Å². The lowest BCUT2D eigenvalue weighted by molar-refractivity contribution is 0.491. The van der Waals surface area contributed by atoms with Crippen LogP contribution in [0.1, 0.15) is 19.4 Å². The Morgan fingerprint density at radius 1 is 1.21 bits per heavy atom. The summed E-state index contributed by atoms with van der Waals surface area (Å²) in [6.45, 7) is 5.25. The Kier molecular flexibility index (Phi) is 3.41. The number of likely N-dealkylation sites (N-methyl/N-ethyl adjacent to an activating group) is 1. The predicted octanol–water partition coefficient (Wildman–Crippen LogP) is 1.02. The van der Waals surface area contributed by atoms with E-state index in [0.717, 1.165) is 12.1 Å². The molecule has 14 heavy (non-hydrogen) atoms. The highest BCUT2D eigenvalue weighted by atomic mass is 15.1.